The van der Waals surface area contributed by atoms with Crippen molar-refractivity contribution in [3.8, 4) is 0 Å². The lowest BCUT2D eigenvalue weighted by atomic mass is 10.1. The molecule has 1 unspecified atom stereocenters. The number of nitrogens with zero attached hydrogens (tertiary/aromatic N) is 1. The topological polar surface area (TPSA) is 65.2 Å². The molecule has 2 heterocycles. The summed E-state index contributed by atoms with van der Waals surface area (Å²) in [6.07, 6.45) is 0. The maximum Gasteiger partial charge on any atom is 0.270 e. The fourth-order valence-electron chi connectivity index (χ4n) is 2.78. The monoisotopic (exact) mass is 299 g/mol. The van der Waals surface area contributed by atoms with E-state index in [1.165, 1.54) is 6.92 Å². The number of H-pyrrole nitrogens is 1. The largest absolute Gasteiger partial charge is 0.354 e. The van der Waals surface area contributed by atoms with Crippen LogP contribution in [0.25, 0.3) is 0 Å². The molecule has 1 saturated heterocycles. The van der Waals surface area contributed by atoms with E-state index in [0.29, 0.717) is 17.8 Å². The Labute approximate surface area is 125 Å². The summed E-state index contributed by atoms with van der Waals surface area (Å²) in [6, 6.07) is 0.171. The second-order valence-electron chi connectivity index (χ2n) is 5.23. The van der Waals surface area contributed by atoms with E-state index in [0.717, 1.165) is 24.3 Å². The first-order chi connectivity index (χ1) is 8.93. The van der Waals surface area contributed by atoms with Gasteiger partial charge in [-0.1, -0.05) is 0 Å². The number of halogens is 1. The van der Waals surface area contributed by atoms with Crippen LogP contribution in [-0.4, -0.2) is 47.3 Å². The van der Waals surface area contributed by atoms with Crippen molar-refractivity contribution in [1.29, 1.82) is 0 Å². The fourth-order valence-corrected chi connectivity index (χ4v) is 2.78. The Balaban J connectivity index is 0.00000200. The Morgan fingerprint density at radius 2 is 1.95 bits per heavy atom. The highest BCUT2D eigenvalue weighted by molar-refractivity contribution is 6.02. The summed E-state index contributed by atoms with van der Waals surface area (Å²) in [5, 5.41) is 3.26. The zero-order valence-corrected chi connectivity index (χ0v) is 13.2. The number of aryl methyl sites for hydroxylation is 1. The number of carbonyl (C=O) groups is 2. The lowest BCUT2D eigenvalue weighted by Gasteiger charge is -2.33. The summed E-state index contributed by atoms with van der Waals surface area (Å²) >= 11 is 0. The van der Waals surface area contributed by atoms with Gasteiger partial charge in [-0.15, -0.1) is 12.4 Å². The molecule has 112 valence electrons. The van der Waals surface area contributed by atoms with Crippen molar-refractivity contribution < 1.29 is 9.59 Å². The number of Topliss-reactive ketones (excluding diaryl/α,β-unsaturated/α-hetero) is 1. The van der Waals surface area contributed by atoms with Crippen LogP contribution in [0, 0.1) is 13.8 Å². The standard InChI is InChI=1S/C14H21N3O2.ClH/c1-8-7-15-5-6-17(8)14(19)13-9(2)12(11(4)18)10(3)16-13;/h8,15-16H,5-7H2,1-4H3;1H. The second kappa shape index (κ2) is 6.41. The average molecular weight is 300 g/mol. The molecule has 20 heavy (non-hydrogen) atoms. The van der Waals surface area contributed by atoms with Crippen molar-refractivity contribution in [2.24, 2.45) is 0 Å². The molecule has 1 fully saturated rings. The molecule has 1 aromatic heterocycles. The lowest BCUT2D eigenvalue weighted by Crippen LogP contribution is -2.52. The van der Waals surface area contributed by atoms with Gasteiger partial charge in [0.2, 0.25) is 0 Å². The quantitative estimate of drug-likeness (QED) is 0.817. The zero-order chi connectivity index (χ0) is 14.2. The highest BCUT2D eigenvalue weighted by Crippen LogP contribution is 2.21. The van der Waals surface area contributed by atoms with E-state index in [4.69, 9.17) is 0 Å². The second-order valence-corrected chi connectivity index (χ2v) is 5.23. The number of aromatic amines is 1. The van der Waals surface area contributed by atoms with Gasteiger partial charge < -0.3 is 15.2 Å². The molecule has 1 amide bonds. The fraction of sp³-hybridized carbons (Fsp3) is 0.571. The van der Waals surface area contributed by atoms with Crippen LogP contribution in [0.5, 0.6) is 0 Å². The number of carbonyl (C=O) groups excluding carboxylic acids is 2. The maximum atomic E-state index is 12.6. The summed E-state index contributed by atoms with van der Waals surface area (Å²) in [5.41, 5.74) is 2.74. The highest BCUT2D eigenvalue weighted by Gasteiger charge is 2.28. The first-order valence-corrected chi connectivity index (χ1v) is 6.65. The molecular weight excluding hydrogens is 278 g/mol. The summed E-state index contributed by atoms with van der Waals surface area (Å²) in [4.78, 5) is 29.1. The Hall–Kier alpha value is -1.33. The maximum absolute atomic E-state index is 12.6. The Morgan fingerprint density at radius 3 is 2.45 bits per heavy atom. The molecule has 0 aromatic carbocycles. The van der Waals surface area contributed by atoms with Gasteiger partial charge in [0.25, 0.3) is 5.91 Å². The summed E-state index contributed by atoms with van der Waals surface area (Å²) in [6.45, 7) is 9.55. The number of hydrogen-bond donors (Lipinski definition) is 2. The van der Waals surface area contributed by atoms with Crippen LogP contribution in [0.2, 0.25) is 0 Å². The van der Waals surface area contributed by atoms with Crippen LogP contribution in [0.1, 0.15) is 46.0 Å². The lowest BCUT2D eigenvalue weighted by molar-refractivity contribution is 0.0649. The van der Waals surface area contributed by atoms with Crippen molar-refractivity contribution in [3.63, 3.8) is 0 Å². The summed E-state index contributed by atoms with van der Waals surface area (Å²) < 4.78 is 0. The number of hydrogen-bond acceptors (Lipinski definition) is 3. The molecule has 1 aliphatic heterocycles. The SMILES string of the molecule is CC(=O)c1c(C)[nH]c(C(=O)N2CCNCC2C)c1C.Cl. The van der Waals surface area contributed by atoms with Crippen LogP contribution < -0.4 is 5.32 Å². The first-order valence-electron chi connectivity index (χ1n) is 6.65. The van der Waals surface area contributed by atoms with Crippen molar-refractivity contribution >= 4 is 24.1 Å². The van der Waals surface area contributed by atoms with E-state index in [-0.39, 0.29) is 30.1 Å². The number of piperazine rings is 1. The molecular formula is C14H22ClN3O2. The molecule has 5 nitrogen and oxygen atoms in total. The van der Waals surface area contributed by atoms with Gasteiger partial charge in [0.15, 0.2) is 5.78 Å². The highest BCUT2D eigenvalue weighted by atomic mass is 35.5. The minimum absolute atomic E-state index is 0. The molecule has 0 spiro atoms. The Kier molecular flexibility index (Phi) is 5.36. The molecule has 2 rings (SSSR count). The molecule has 1 aromatic rings. The summed E-state index contributed by atoms with van der Waals surface area (Å²) in [5.74, 6) is -0.0132. The first kappa shape index (κ1) is 16.7. The molecule has 0 radical (unpaired) electrons. The van der Waals surface area contributed by atoms with Gasteiger partial charge >= 0.3 is 0 Å². The van der Waals surface area contributed by atoms with Crippen molar-refractivity contribution in [2.45, 2.75) is 33.7 Å². The minimum Gasteiger partial charge on any atom is -0.354 e. The van der Waals surface area contributed by atoms with Gasteiger partial charge in [-0.25, -0.2) is 0 Å². The molecule has 0 saturated carbocycles. The van der Waals surface area contributed by atoms with Crippen molar-refractivity contribution in [1.82, 2.24) is 15.2 Å². The smallest absolute Gasteiger partial charge is 0.270 e. The van der Waals surface area contributed by atoms with Gasteiger partial charge in [-0.3, -0.25) is 9.59 Å². The number of aromatic nitrogens is 1. The Bertz CT molecular complexity index is 525. The molecule has 0 aliphatic carbocycles. The van der Waals surface area contributed by atoms with Crippen molar-refractivity contribution in [3.05, 3.63) is 22.5 Å². The third-order valence-electron chi connectivity index (χ3n) is 3.77. The third kappa shape index (κ3) is 2.88. The van der Waals surface area contributed by atoms with Crippen LogP contribution in [-0.2, 0) is 0 Å². The summed E-state index contributed by atoms with van der Waals surface area (Å²) in [7, 11) is 0. The van der Waals surface area contributed by atoms with Crippen LogP contribution in [0.4, 0.5) is 0 Å². The molecule has 1 aliphatic rings. The van der Waals surface area contributed by atoms with Gasteiger partial charge in [0, 0.05) is 36.9 Å². The number of ketones is 1. The normalized spacial score (nSPS) is 18.6. The predicted octanol–water partition coefficient (Wildman–Crippen LogP) is 1.69. The Morgan fingerprint density at radius 1 is 1.30 bits per heavy atom. The van der Waals surface area contributed by atoms with Crippen LogP contribution in [0.3, 0.4) is 0 Å². The van der Waals surface area contributed by atoms with Gasteiger partial charge in [0.05, 0.1) is 0 Å². The molecule has 2 N–H and O–H groups in total. The van der Waals surface area contributed by atoms with E-state index < -0.39 is 0 Å². The number of amides is 1. The number of rotatable bonds is 2. The van der Waals surface area contributed by atoms with Gasteiger partial charge in [-0.2, -0.15) is 0 Å². The average Bonchev–Trinajstić information content (AvgIpc) is 2.64. The number of nitrogens with one attached hydrogen (secondary N) is 2. The molecule has 1 atom stereocenters. The van der Waals surface area contributed by atoms with Crippen LogP contribution in [0.15, 0.2) is 0 Å². The molecule has 0 bridgehead atoms. The van der Waals surface area contributed by atoms with Gasteiger partial charge in [-0.05, 0) is 33.3 Å². The minimum atomic E-state index is -0.0119. The van der Waals surface area contributed by atoms with E-state index in [1.807, 2.05) is 25.7 Å². The van der Waals surface area contributed by atoms with E-state index in [9.17, 15) is 9.59 Å². The zero-order valence-electron chi connectivity index (χ0n) is 12.4. The van der Waals surface area contributed by atoms with Gasteiger partial charge in [0.1, 0.15) is 5.69 Å². The predicted molar refractivity (Wildman–Crippen MR) is 80.9 cm³/mol. The third-order valence-corrected chi connectivity index (χ3v) is 3.77. The van der Waals surface area contributed by atoms with E-state index >= 15 is 0 Å². The van der Waals surface area contributed by atoms with Crippen molar-refractivity contribution in [2.75, 3.05) is 19.6 Å². The van der Waals surface area contributed by atoms with Crippen LogP contribution >= 0.6 is 12.4 Å². The molecule has 6 heteroatoms. The van der Waals surface area contributed by atoms with E-state index in [2.05, 4.69) is 10.3 Å². The van der Waals surface area contributed by atoms with E-state index in [1.54, 1.807) is 0 Å².